The first-order chi connectivity index (χ1) is 4.84. The van der Waals surface area contributed by atoms with Crippen LogP contribution < -0.4 is 5.49 Å². The Labute approximate surface area is 72.1 Å². The molecule has 0 spiro atoms. The van der Waals surface area contributed by atoms with Crippen molar-refractivity contribution < 1.29 is 0 Å². The average Bonchev–Trinajstić information content (AvgIpc) is 1.94. The van der Waals surface area contributed by atoms with E-state index in [0.717, 1.165) is 0 Å². The third kappa shape index (κ3) is 1.66. The lowest BCUT2D eigenvalue weighted by molar-refractivity contribution is 0.940. The van der Waals surface area contributed by atoms with Crippen molar-refractivity contribution in [3.63, 3.8) is 0 Å². The zero-order valence-corrected chi connectivity index (χ0v) is 7.32. The van der Waals surface area contributed by atoms with E-state index in [4.69, 9.17) is 5.41 Å². The number of nitrogens with zero attached hydrogens (tertiary/aromatic N) is 2. The van der Waals surface area contributed by atoms with E-state index in [1.807, 2.05) is 4.08 Å². The van der Waals surface area contributed by atoms with Crippen molar-refractivity contribution in [1.29, 1.82) is 5.41 Å². The van der Waals surface area contributed by atoms with Gasteiger partial charge in [-0.3, -0.25) is 10.4 Å². The van der Waals surface area contributed by atoms with Crippen LogP contribution >= 0.6 is 22.6 Å². The highest BCUT2D eigenvalue weighted by atomic mass is 127. The molecule has 0 aromatic carbocycles. The average molecular weight is 247 g/mol. The van der Waals surface area contributed by atoms with Crippen molar-refractivity contribution in [2.75, 3.05) is 0 Å². The summed E-state index contributed by atoms with van der Waals surface area (Å²) in [6.45, 7) is 0. The fourth-order valence-corrected chi connectivity index (χ4v) is 0.908. The molecular weight excluding hydrogens is 241 g/mol. The molecule has 1 aromatic heterocycles. The van der Waals surface area contributed by atoms with Crippen LogP contribution in [0.1, 0.15) is 0 Å². The van der Waals surface area contributed by atoms with E-state index in [0.29, 0.717) is 5.49 Å². The fraction of sp³-hybridized carbons (Fsp3) is 0. The van der Waals surface area contributed by atoms with E-state index in [2.05, 4.69) is 27.6 Å². The van der Waals surface area contributed by atoms with Gasteiger partial charge in [0.05, 0.1) is 6.20 Å². The molecule has 0 atom stereocenters. The zero-order chi connectivity index (χ0) is 7.40. The SMILES string of the molecule is N=c1cnccn1/C=C\I. The van der Waals surface area contributed by atoms with Crippen LogP contribution in [0.25, 0.3) is 6.20 Å². The number of nitrogens with one attached hydrogen (secondary N) is 1. The molecule has 1 heterocycles. The van der Waals surface area contributed by atoms with Crippen molar-refractivity contribution in [3.05, 3.63) is 28.2 Å². The largest absolute Gasteiger partial charge is 0.306 e. The van der Waals surface area contributed by atoms with Gasteiger partial charge in [-0.25, -0.2) is 0 Å². The number of hydrogen-bond acceptors (Lipinski definition) is 2. The Bertz CT molecular complexity index is 289. The van der Waals surface area contributed by atoms with E-state index in [1.54, 1.807) is 23.2 Å². The Hall–Kier alpha value is -0.650. The van der Waals surface area contributed by atoms with E-state index in [-0.39, 0.29) is 0 Å². The summed E-state index contributed by atoms with van der Waals surface area (Å²) in [6.07, 6.45) is 6.67. The van der Waals surface area contributed by atoms with Crippen LogP contribution in [-0.4, -0.2) is 9.55 Å². The molecule has 1 rings (SSSR count). The molecule has 1 aromatic rings. The topological polar surface area (TPSA) is 41.7 Å². The second-order valence-electron chi connectivity index (χ2n) is 1.64. The fourth-order valence-electron chi connectivity index (χ4n) is 0.562. The molecule has 0 amide bonds. The van der Waals surface area contributed by atoms with Gasteiger partial charge >= 0.3 is 0 Å². The van der Waals surface area contributed by atoms with Crippen LogP contribution in [0, 0.1) is 5.41 Å². The summed E-state index contributed by atoms with van der Waals surface area (Å²) in [4.78, 5) is 3.78. The number of halogens is 1. The van der Waals surface area contributed by atoms with E-state index in [1.165, 1.54) is 6.20 Å². The predicted octanol–water partition coefficient (Wildman–Crippen LogP) is 1.23. The minimum absolute atomic E-state index is 0.385. The monoisotopic (exact) mass is 247 g/mol. The molecule has 0 aliphatic heterocycles. The second-order valence-corrected chi connectivity index (χ2v) is 2.36. The molecule has 0 aliphatic rings. The lowest BCUT2D eigenvalue weighted by Crippen LogP contribution is -2.13. The number of rotatable bonds is 1. The first-order valence-corrected chi connectivity index (χ1v) is 3.93. The molecule has 4 heteroatoms. The van der Waals surface area contributed by atoms with Gasteiger partial charge in [-0.15, -0.1) is 0 Å². The summed E-state index contributed by atoms with van der Waals surface area (Å²) in [5.41, 5.74) is 0.385. The van der Waals surface area contributed by atoms with Gasteiger partial charge in [0.2, 0.25) is 0 Å². The van der Waals surface area contributed by atoms with Gasteiger partial charge in [-0.2, -0.15) is 0 Å². The van der Waals surface area contributed by atoms with Gasteiger partial charge in [0.15, 0.2) is 0 Å². The first-order valence-electron chi connectivity index (χ1n) is 2.68. The lowest BCUT2D eigenvalue weighted by Gasteiger charge is -1.94. The summed E-state index contributed by atoms with van der Waals surface area (Å²) in [5.74, 6) is 0. The summed E-state index contributed by atoms with van der Waals surface area (Å²) in [7, 11) is 0. The Morgan fingerprint density at radius 2 is 2.50 bits per heavy atom. The second kappa shape index (κ2) is 3.50. The maximum Gasteiger partial charge on any atom is 0.147 e. The lowest BCUT2D eigenvalue weighted by atomic mass is 10.7. The van der Waals surface area contributed by atoms with Crippen molar-refractivity contribution in [3.8, 4) is 0 Å². The van der Waals surface area contributed by atoms with Gasteiger partial charge in [0.25, 0.3) is 0 Å². The predicted molar refractivity (Wildman–Crippen MR) is 47.4 cm³/mol. The standard InChI is InChI=1S/C6H6IN3/c7-1-3-10-4-2-9-5-6(10)8/h1-5,8H/b3-1-,8-6?. The molecule has 1 N–H and O–H groups in total. The van der Waals surface area contributed by atoms with Crippen molar-refractivity contribution in [2.24, 2.45) is 0 Å². The zero-order valence-electron chi connectivity index (χ0n) is 5.16. The maximum absolute atomic E-state index is 7.32. The van der Waals surface area contributed by atoms with Gasteiger partial charge in [-0.05, 0) is 4.08 Å². The normalized spacial score (nSPS) is 10.5. The Morgan fingerprint density at radius 1 is 1.70 bits per heavy atom. The number of hydrogen-bond donors (Lipinski definition) is 1. The van der Waals surface area contributed by atoms with E-state index < -0.39 is 0 Å². The van der Waals surface area contributed by atoms with Crippen molar-refractivity contribution in [2.45, 2.75) is 0 Å². The molecular formula is C6H6IN3. The molecule has 0 bridgehead atoms. The van der Waals surface area contributed by atoms with Gasteiger partial charge in [0.1, 0.15) is 5.49 Å². The Kier molecular flexibility index (Phi) is 2.61. The highest BCUT2D eigenvalue weighted by Crippen LogP contribution is 1.86. The molecule has 0 saturated carbocycles. The number of aromatic nitrogens is 2. The first kappa shape index (κ1) is 7.46. The van der Waals surface area contributed by atoms with Crippen LogP contribution in [0.4, 0.5) is 0 Å². The highest BCUT2D eigenvalue weighted by Gasteiger charge is 1.81. The van der Waals surface area contributed by atoms with Crippen molar-refractivity contribution >= 4 is 28.8 Å². The Balaban J connectivity index is 3.16. The van der Waals surface area contributed by atoms with Crippen LogP contribution in [0.5, 0.6) is 0 Å². The van der Waals surface area contributed by atoms with Gasteiger partial charge in [0, 0.05) is 18.6 Å². The third-order valence-electron chi connectivity index (χ3n) is 1.01. The molecule has 0 saturated heterocycles. The minimum atomic E-state index is 0.385. The van der Waals surface area contributed by atoms with Crippen LogP contribution in [0.3, 0.4) is 0 Å². The molecule has 0 unspecified atom stereocenters. The van der Waals surface area contributed by atoms with Crippen molar-refractivity contribution in [1.82, 2.24) is 9.55 Å². The summed E-state index contributed by atoms with van der Waals surface area (Å²) >= 11 is 2.10. The van der Waals surface area contributed by atoms with E-state index >= 15 is 0 Å². The van der Waals surface area contributed by atoms with Crippen LogP contribution in [0.2, 0.25) is 0 Å². The summed E-state index contributed by atoms with van der Waals surface area (Å²) in [6, 6.07) is 0. The summed E-state index contributed by atoms with van der Waals surface area (Å²) in [5, 5.41) is 7.32. The van der Waals surface area contributed by atoms with E-state index in [9.17, 15) is 0 Å². The molecule has 52 valence electrons. The van der Waals surface area contributed by atoms with Crippen LogP contribution in [-0.2, 0) is 0 Å². The summed E-state index contributed by atoms with van der Waals surface area (Å²) < 4.78 is 3.52. The maximum atomic E-state index is 7.32. The molecule has 0 fully saturated rings. The molecule has 3 nitrogen and oxygen atoms in total. The highest BCUT2D eigenvalue weighted by molar-refractivity contribution is 14.1. The third-order valence-corrected chi connectivity index (χ3v) is 1.33. The quantitative estimate of drug-likeness (QED) is 0.745. The molecule has 10 heavy (non-hydrogen) atoms. The van der Waals surface area contributed by atoms with Gasteiger partial charge in [-0.1, -0.05) is 22.6 Å². The minimum Gasteiger partial charge on any atom is -0.306 e. The molecule has 0 radical (unpaired) electrons. The van der Waals surface area contributed by atoms with Gasteiger partial charge < -0.3 is 4.57 Å². The smallest absolute Gasteiger partial charge is 0.147 e. The Morgan fingerprint density at radius 3 is 3.10 bits per heavy atom. The van der Waals surface area contributed by atoms with Crippen LogP contribution in [0.15, 0.2) is 22.7 Å². The molecule has 0 aliphatic carbocycles.